The van der Waals surface area contributed by atoms with E-state index in [-0.39, 0.29) is 17.4 Å². The number of rotatable bonds is 7. The molecule has 0 saturated heterocycles. The Bertz CT molecular complexity index is 1290. The number of carbonyl (C=O) groups excluding carboxylic acids is 2. The second-order valence-electron chi connectivity index (χ2n) is 8.45. The van der Waals surface area contributed by atoms with Gasteiger partial charge in [0.2, 0.25) is 0 Å². The Hall–Kier alpha value is -3.64. The van der Waals surface area contributed by atoms with Crippen molar-refractivity contribution in [2.45, 2.75) is 27.2 Å². The molecule has 178 valence electrons. The lowest BCUT2D eigenvalue weighted by molar-refractivity contribution is -0.113. The Kier molecular flexibility index (Phi) is 7.51. The number of carbonyl (C=O) groups is 2. The van der Waals surface area contributed by atoms with Gasteiger partial charge in [-0.1, -0.05) is 61.2 Å². The van der Waals surface area contributed by atoms with Crippen LogP contribution in [0.4, 0.5) is 5.69 Å². The smallest absolute Gasteiger partial charge is 0.283 e. The van der Waals surface area contributed by atoms with Gasteiger partial charge in [0.25, 0.3) is 5.91 Å². The Morgan fingerprint density at radius 1 is 1.00 bits per heavy atom. The van der Waals surface area contributed by atoms with Gasteiger partial charge < -0.3 is 4.74 Å². The molecule has 0 radical (unpaired) electrons. The first-order valence-electron chi connectivity index (χ1n) is 11.5. The number of ether oxygens (including phenoxy) is 1. The molecule has 4 rings (SSSR count). The van der Waals surface area contributed by atoms with Crippen molar-refractivity contribution in [3.8, 4) is 5.75 Å². The van der Waals surface area contributed by atoms with Crippen LogP contribution >= 0.6 is 11.8 Å². The molecule has 1 amide bonds. The number of anilines is 1. The minimum Gasteiger partial charge on any atom is -0.497 e. The summed E-state index contributed by atoms with van der Waals surface area (Å²) in [6.45, 7) is 6.08. The lowest BCUT2D eigenvalue weighted by Crippen LogP contribution is -2.31. The van der Waals surface area contributed by atoms with Crippen molar-refractivity contribution in [1.29, 1.82) is 0 Å². The van der Waals surface area contributed by atoms with Crippen LogP contribution in [0.25, 0.3) is 6.08 Å². The number of aryl methyl sites for hydroxylation is 3. The van der Waals surface area contributed by atoms with E-state index in [1.807, 2.05) is 74.5 Å². The van der Waals surface area contributed by atoms with E-state index >= 15 is 0 Å². The van der Waals surface area contributed by atoms with Gasteiger partial charge >= 0.3 is 0 Å². The van der Waals surface area contributed by atoms with Gasteiger partial charge in [-0.2, -0.15) is 0 Å². The van der Waals surface area contributed by atoms with Crippen LogP contribution in [0.5, 0.6) is 5.75 Å². The van der Waals surface area contributed by atoms with Crippen LogP contribution in [0.15, 0.2) is 77.4 Å². The number of amidine groups is 1. The van der Waals surface area contributed by atoms with Crippen molar-refractivity contribution in [2.24, 2.45) is 4.99 Å². The second kappa shape index (κ2) is 10.7. The van der Waals surface area contributed by atoms with Crippen molar-refractivity contribution in [3.63, 3.8) is 0 Å². The summed E-state index contributed by atoms with van der Waals surface area (Å²) in [6, 6.07) is 21.1. The van der Waals surface area contributed by atoms with E-state index in [1.54, 1.807) is 18.1 Å². The zero-order valence-corrected chi connectivity index (χ0v) is 21.2. The van der Waals surface area contributed by atoms with Crippen LogP contribution < -0.4 is 9.64 Å². The molecule has 35 heavy (non-hydrogen) atoms. The topological polar surface area (TPSA) is 59.0 Å². The predicted octanol–water partition coefficient (Wildman–Crippen LogP) is 6.23. The van der Waals surface area contributed by atoms with Crippen molar-refractivity contribution in [3.05, 3.63) is 100 Å². The number of hydrogen-bond donors (Lipinski definition) is 0. The largest absolute Gasteiger partial charge is 0.497 e. The standard InChI is InChI=1S/C29H28N2O3S/c1-5-21-6-10-23(11-7-21)27(32)18-35-29-30-26(17-22-8-12-25(34-4)13-9-22)28(33)31(29)24-15-19(2)14-20(3)16-24/h6-17H,5,18H2,1-4H3/b26-17-. The van der Waals surface area contributed by atoms with Crippen molar-refractivity contribution >= 4 is 40.4 Å². The first-order chi connectivity index (χ1) is 16.9. The van der Waals surface area contributed by atoms with E-state index in [0.29, 0.717) is 16.4 Å². The number of benzene rings is 3. The first-order valence-corrected chi connectivity index (χ1v) is 12.5. The molecule has 0 unspecified atom stereocenters. The maximum Gasteiger partial charge on any atom is 0.283 e. The molecule has 0 aromatic heterocycles. The van der Waals surface area contributed by atoms with Gasteiger partial charge in [-0.05, 0) is 72.9 Å². The summed E-state index contributed by atoms with van der Waals surface area (Å²) in [5, 5.41) is 0.498. The number of methoxy groups -OCH3 is 1. The van der Waals surface area contributed by atoms with E-state index in [4.69, 9.17) is 4.74 Å². The number of amides is 1. The van der Waals surface area contributed by atoms with Gasteiger partial charge in [0.05, 0.1) is 18.6 Å². The van der Waals surface area contributed by atoms with Crippen molar-refractivity contribution < 1.29 is 14.3 Å². The number of Topliss-reactive ketones (excluding diaryl/α,β-unsaturated/α-hetero) is 1. The molecule has 0 aliphatic carbocycles. The lowest BCUT2D eigenvalue weighted by atomic mass is 10.1. The molecular weight excluding hydrogens is 456 g/mol. The van der Waals surface area contributed by atoms with Crippen LogP contribution in [0.1, 0.15) is 39.5 Å². The van der Waals surface area contributed by atoms with Crippen molar-refractivity contribution in [1.82, 2.24) is 0 Å². The number of thioether (sulfide) groups is 1. The van der Waals surface area contributed by atoms with Gasteiger partial charge in [0.15, 0.2) is 11.0 Å². The van der Waals surface area contributed by atoms with Gasteiger partial charge in [0.1, 0.15) is 11.4 Å². The molecular formula is C29H28N2O3S. The highest BCUT2D eigenvalue weighted by Crippen LogP contribution is 2.31. The summed E-state index contributed by atoms with van der Waals surface area (Å²) in [5.74, 6) is 0.718. The predicted molar refractivity (Wildman–Crippen MR) is 144 cm³/mol. The van der Waals surface area contributed by atoms with E-state index < -0.39 is 0 Å². The monoisotopic (exact) mass is 484 g/mol. The van der Waals surface area contributed by atoms with E-state index in [2.05, 4.69) is 18.0 Å². The lowest BCUT2D eigenvalue weighted by Gasteiger charge is -2.19. The minimum atomic E-state index is -0.215. The molecule has 0 saturated carbocycles. The quantitative estimate of drug-likeness (QED) is 0.294. The number of nitrogens with zero attached hydrogens (tertiary/aromatic N) is 2. The average molecular weight is 485 g/mol. The van der Waals surface area contributed by atoms with Gasteiger partial charge in [-0.3, -0.25) is 14.5 Å². The number of aliphatic imine (C=N–C) groups is 1. The number of ketones is 1. The summed E-state index contributed by atoms with van der Waals surface area (Å²) >= 11 is 1.28. The fourth-order valence-corrected chi connectivity index (χ4v) is 4.81. The number of hydrogen-bond acceptors (Lipinski definition) is 5. The zero-order valence-electron chi connectivity index (χ0n) is 20.4. The van der Waals surface area contributed by atoms with Crippen LogP contribution in [-0.4, -0.2) is 29.7 Å². The Morgan fingerprint density at radius 2 is 1.66 bits per heavy atom. The molecule has 0 N–H and O–H groups in total. The van der Waals surface area contributed by atoms with Crippen molar-refractivity contribution in [2.75, 3.05) is 17.8 Å². The Labute approximate surface area is 210 Å². The fourth-order valence-electron chi connectivity index (χ4n) is 3.90. The molecule has 0 atom stereocenters. The maximum absolute atomic E-state index is 13.5. The van der Waals surface area contributed by atoms with Crippen LogP contribution in [0.2, 0.25) is 0 Å². The third-order valence-electron chi connectivity index (χ3n) is 5.73. The van der Waals surface area contributed by atoms with Crippen LogP contribution in [-0.2, 0) is 11.2 Å². The molecule has 6 heteroatoms. The molecule has 3 aromatic carbocycles. The second-order valence-corrected chi connectivity index (χ2v) is 9.39. The van der Waals surface area contributed by atoms with Crippen LogP contribution in [0, 0.1) is 13.8 Å². The Morgan fingerprint density at radius 3 is 2.26 bits per heavy atom. The molecule has 1 aliphatic heterocycles. The SMILES string of the molecule is CCc1ccc(C(=O)CSC2=N/C(=C\c3ccc(OC)cc3)C(=O)N2c2cc(C)cc(C)c2)cc1. The normalized spacial score (nSPS) is 14.4. The first kappa shape index (κ1) is 24.5. The van der Waals surface area contributed by atoms with E-state index in [0.717, 1.165) is 34.5 Å². The Balaban J connectivity index is 1.63. The van der Waals surface area contributed by atoms with E-state index in [9.17, 15) is 9.59 Å². The van der Waals surface area contributed by atoms with E-state index in [1.165, 1.54) is 17.3 Å². The molecule has 1 aliphatic rings. The summed E-state index contributed by atoms with van der Waals surface area (Å²) in [4.78, 5) is 32.6. The molecule has 0 fully saturated rings. The maximum atomic E-state index is 13.5. The third kappa shape index (κ3) is 5.72. The summed E-state index contributed by atoms with van der Waals surface area (Å²) in [5.41, 5.74) is 5.87. The molecule has 1 heterocycles. The summed E-state index contributed by atoms with van der Waals surface area (Å²) < 4.78 is 5.22. The minimum absolute atomic E-state index is 0.000703. The van der Waals surface area contributed by atoms with Gasteiger partial charge in [-0.25, -0.2) is 4.99 Å². The zero-order chi connectivity index (χ0) is 24.9. The molecule has 0 bridgehead atoms. The highest BCUT2D eigenvalue weighted by atomic mass is 32.2. The third-order valence-corrected chi connectivity index (χ3v) is 6.67. The highest BCUT2D eigenvalue weighted by molar-refractivity contribution is 8.14. The molecule has 0 spiro atoms. The van der Waals surface area contributed by atoms with Crippen LogP contribution in [0.3, 0.4) is 0 Å². The van der Waals surface area contributed by atoms with Gasteiger partial charge in [-0.15, -0.1) is 0 Å². The fraction of sp³-hybridized carbons (Fsp3) is 0.207. The summed E-state index contributed by atoms with van der Waals surface area (Å²) in [7, 11) is 1.61. The summed E-state index contributed by atoms with van der Waals surface area (Å²) in [6.07, 6.45) is 2.69. The molecule has 3 aromatic rings. The highest BCUT2D eigenvalue weighted by Gasteiger charge is 2.32. The molecule has 5 nitrogen and oxygen atoms in total. The average Bonchev–Trinajstić information content (AvgIpc) is 3.17. The van der Waals surface area contributed by atoms with Gasteiger partial charge in [0, 0.05) is 5.56 Å².